The summed E-state index contributed by atoms with van der Waals surface area (Å²) in [4.78, 5) is 0. The largest absolute Gasteiger partial charge is 0.493 e. The Kier molecular flexibility index (Phi) is 3.21. The van der Waals surface area contributed by atoms with Crippen LogP contribution >= 0.6 is 0 Å². The van der Waals surface area contributed by atoms with Crippen molar-refractivity contribution in [2.75, 3.05) is 6.61 Å². The minimum atomic E-state index is 0.200. The van der Waals surface area contributed by atoms with Gasteiger partial charge >= 0.3 is 0 Å². The van der Waals surface area contributed by atoms with Gasteiger partial charge in [0.05, 0.1) is 6.61 Å². The molecule has 0 spiro atoms. The maximum absolute atomic E-state index is 5.79. The first-order valence-corrected chi connectivity index (χ1v) is 6.96. The Morgan fingerprint density at radius 1 is 1.06 bits per heavy atom. The van der Waals surface area contributed by atoms with E-state index in [0.29, 0.717) is 5.41 Å². The van der Waals surface area contributed by atoms with Gasteiger partial charge in [0.1, 0.15) is 5.75 Å². The lowest BCUT2D eigenvalue weighted by atomic mass is 9.80. The zero-order valence-corrected chi connectivity index (χ0v) is 12.7. The topological polar surface area (TPSA) is 9.23 Å². The average molecular weight is 246 g/mol. The third kappa shape index (κ3) is 2.88. The molecule has 0 saturated carbocycles. The summed E-state index contributed by atoms with van der Waals surface area (Å²) in [6.07, 6.45) is 2.17. The SMILES string of the molecule is CC(C)(C)Cc1cc2c(c(C(C)(C)C)c1)CCO2. The molecule has 1 nitrogen and oxygen atoms in total. The van der Waals surface area contributed by atoms with Crippen LogP contribution < -0.4 is 4.74 Å². The maximum atomic E-state index is 5.79. The van der Waals surface area contributed by atoms with Crippen LogP contribution in [0.25, 0.3) is 0 Å². The summed E-state index contributed by atoms with van der Waals surface area (Å²) in [5, 5.41) is 0. The van der Waals surface area contributed by atoms with Gasteiger partial charge in [-0.05, 0) is 34.4 Å². The highest BCUT2D eigenvalue weighted by Crippen LogP contribution is 2.38. The third-order valence-electron chi connectivity index (χ3n) is 3.42. The van der Waals surface area contributed by atoms with Gasteiger partial charge in [0, 0.05) is 12.0 Å². The quantitative estimate of drug-likeness (QED) is 0.708. The molecule has 1 aromatic rings. The van der Waals surface area contributed by atoms with Crippen LogP contribution in [0.3, 0.4) is 0 Å². The second-order valence-corrected chi connectivity index (χ2v) is 7.71. The first-order chi connectivity index (χ1) is 8.17. The molecule has 0 atom stereocenters. The molecule has 0 aliphatic carbocycles. The summed E-state index contributed by atoms with van der Waals surface area (Å²) < 4.78 is 5.79. The molecule has 1 heteroatoms. The minimum absolute atomic E-state index is 0.200. The predicted octanol–water partition coefficient (Wildman–Crippen LogP) is 4.51. The molecule has 2 rings (SSSR count). The van der Waals surface area contributed by atoms with E-state index in [4.69, 9.17) is 4.74 Å². The van der Waals surface area contributed by atoms with E-state index < -0.39 is 0 Å². The van der Waals surface area contributed by atoms with E-state index in [1.54, 1.807) is 0 Å². The highest BCUT2D eigenvalue weighted by molar-refractivity contribution is 5.49. The van der Waals surface area contributed by atoms with E-state index in [1.165, 1.54) is 16.7 Å². The number of ether oxygens (including phenoxy) is 1. The van der Waals surface area contributed by atoms with E-state index in [1.807, 2.05) is 0 Å². The zero-order chi connectivity index (χ0) is 13.6. The third-order valence-corrected chi connectivity index (χ3v) is 3.42. The average Bonchev–Trinajstić information content (AvgIpc) is 2.59. The number of rotatable bonds is 1. The van der Waals surface area contributed by atoms with Crippen LogP contribution in [0.4, 0.5) is 0 Å². The minimum Gasteiger partial charge on any atom is -0.493 e. The molecule has 1 aliphatic rings. The van der Waals surface area contributed by atoms with Crippen LogP contribution in [0, 0.1) is 5.41 Å². The molecular weight excluding hydrogens is 220 g/mol. The molecule has 0 fully saturated rings. The maximum Gasteiger partial charge on any atom is 0.123 e. The summed E-state index contributed by atoms with van der Waals surface area (Å²) in [6.45, 7) is 14.6. The van der Waals surface area contributed by atoms with Crippen LogP contribution in [-0.2, 0) is 18.3 Å². The predicted molar refractivity (Wildman–Crippen MR) is 77.5 cm³/mol. The molecular formula is C17H26O. The Morgan fingerprint density at radius 2 is 1.72 bits per heavy atom. The van der Waals surface area contributed by atoms with Crippen molar-refractivity contribution in [1.82, 2.24) is 0 Å². The summed E-state index contributed by atoms with van der Waals surface area (Å²) in [5.41, 5.74) is 4.83. The summed E-state index contributed by atoms with van der Waals surface area (Å²) in [7, 11) is 0. The van der Waals surface area contributed by atoms with Crippen molar-refractivity contribution in [2.24, 2.45) is 5.41 Å². The fourth-order valence-corrected chi connectivity index (χ4v) is 2.74. The van der Waals surface area contributed by atoms with Gasteiger partial charge in [0.15, 0.2) is 0 Å². The fraction of sp³-hybridized carbons (Fsp3) is 0.647. The van der Waals surface area contributed by atoms with Crippen molar-refractivity contribution >= 4 is 0 Å². The monoisotopic (exact) mass is 246 g/mol. The molecule has 0 aromatic heterocycles. The van der Waals surface area contributed by atoms with E-state index in [9.17, 15) is 0 Å². The molecule has 0 saturated heterocycles. The lowest BCUT2D eigenvalue weighted by molar-refractivity contribution is 0.355. The molecule has 1 aromatic carbocycles. The van der Waals surface area contributed by atoms with Gasteiger partial charge in [-0.1, -0.05) is 47.6 Å². The normalized spacial score (nSPS) is 15.4. The van der Waals surface area contributed by atoms with Crippen molar-refractivity contribution in [2.45, 2.75) is 59.8 Å². The molecule has 0 amide bonds. The molecule has 0 unspecified atom stereocenters. The Morgan fingerprint density at radius 3 is 2.28 bits per heavy atom. The molecule has 0 radical (unpaired) electrons. The van der Waals surface area contributed by atoms with Crippen molar-refractivity contribution in [3.8, 4) is 5.75 Å². The molecule has 18 heavy (non-hydrogen) atoms. The van der Waals surface area contributed by atoms with Crippen LogP contribution in [-0.4, -0.2) is 6.61 Å². The zero-order valence-electron chi connectivity index (χ0n) is 12.7. The van der Waals surface area contributed by atoms with Gasteiger partial charge in [0.25, 0.3) is 0 Å². The van der Waals surface area contributed by atoms with Gasteiger partial charge in [-0.15, -0.1) is 0 Å². The van der Waals surface area contributed by atoms with Gasteiger partial charge in [-0.3, -0.25) is 0 Å². The molecule has 0 N–H and O–H groups in total. The molecule has 1 heterocycles. The second-order valence-electron chi connectivity index (χ2n) is 7.71. The van der Waals surface area contributed by atoms with Gasteiger partial charge < -0.3 is 4.74 Å². The van der Waals surface area contributed by atoms with E-state index in [2.05, 4.69) is 53.7 Å². The Bertz CT molecular complexity index is 444. The van der Waals surface area contributed by atoms with E-state index in [0.717, 1.165) is 25.2 Å². The van der Waals surface area contributed by atoms with E-state index >= 15 is 0 Å². The van der Waals surface area contributed by atoms with Crippen molar-refractivity contribution in [1.29, 1.82) is 0 Å². The fourth-order valence-electron chi connectivity index (χ4n) is 2.74. The number of benzene rings is 1. The molecule has 1 aliphatic heterocycles. The van der Waals surface area contributed by atoms with Gasteiger partial charge in [-0.25, -0.2) is 0 Å². The molecule has 100 valence electrons. The standard InChI is InChI=1S/C17H26O/c1-16(2,3)11-12-9-14(17(4,5)6)13-7-8-18-15(13)10-12/h9-10H,7-8,11H2,1-6H3. The number of hydrogen-bond acceptors (Lipinski definition) is 1. The van der Waals surface area contributed by atoms with Crippen LogP contribution in [0.15, 0.2) is 12.1 Å². The highest BCUT2D eigenvalue weighted by Gasteiger charge is 2.25. The lowest BCUT2D eigenvalue weighted by Crippen LogP contribution is -2.16. The van der Waals surface area contributed by atoms with Crippen LogP contribution in [0.2, 0.25) is 0 Å². The van der Waals surface area contributed by atoms with Crippen molar-refractivity contribution < 1.29 is 4.74 Å². The van der Waals surface area contributed by atoms with Gasteiger partial charge in [0.2, 0.25) is 0 Å². The number of hydrogen-bond donors (Lipinski definition) is 0. The number of fused-ring (bicyclic) bond motifs is 1. The first-order valence-electron chi connectivity index (χ1n) is 6.96. The Hall–Kier alpha value is -0.980. The Labute approximate surface area is 112 Å². The van der Waals surface area contributed by atoms with Crippen LogP contribution in [0.5, 0.6) is 5.75 Å². The molecule has 0 bridgehead atoms. The summed E-state index contributed by atoms with van der Waals surface area (Å²) in [6, 6.07) is 4.65. The van der Waals surface area contributed by atoms with Gasteiger partial charge in [-0.2, -0.15) is 0 Å². The summed E-state index contributed by atoms with van der Waals surface area (Å²) >= 11 is 0. The van der Waals surface area contributed by atoms with Crippen molar-refractivity contribution in [3.05, 3.63) is 28.8 Å². The first kappa shape index (κ1) is 13.5. The highest BCUT2D eigenvalue weighted by atomic mass is 16.5. The van der Waals surface area contributed by atoms with Crippen LogP contribution in [0.1, 0.15) is 58.2 Å². The lowest BCUT2D eigenvalue weighted by Gasteiger charge is -2.25. The van der Waals surface area contributed by atoms with Crippen molar-refractivity contribution in [3.63, 3.8) is 0 Å². The summed E-state index contributed by atoms with van der Waals surface area (Å²) in [5.74, 6) is 1.13. The second kappa shape index (κ2) is 4.29. The Balaban J connectivity index is 2.46. The smallest absolute Gasteiger partial charge is 0.123 e. The van der Waals surface area contributed by atoms with E-state index in [-0.39, 0.29) is 5.41 Å².